The van der Waals surface area contributed by atoms with Crippen LogP contribution in [0.2, 0.25) is 0 Å². The van der Waals surface area contributed by atoms with Crippen LogP contribution in [0.15, 0.2) is 16.5 Å². The highest BCUT2D eigenvalue weighted by Crippen LogP contribution is 2.22. The van der Waals surface area contributed by atoms with E-state index in [9.17, 15) is 18.4 Å². The molecule has 0 aromatic carbocycles. The van der Waals surface area contributed by atoms with E-state index >= 15 is 0 Å². The molecule has 1 N–H and O–H groups in total. The molecule has 0 unspecified atom stereocenters. The van der Waals surface area contributed by atoms with Gasteiger partial charge in [0.15, 0.2) is 5.76 Å². The maximum atomic E-state index is 12.3. The summed E-state index contributed by atoms with van der Waals surface area (Å²) in [6.45, 7) is 2.52. The predicted molar refractivity (Wildman–Crippen MR) is 82.4 cm³/mol. The Morgan fingerprint density at radius 1 is 1.30 bits per heavy atom. The van der Waals surface area contributed by atoms with Crippen molar-refractivity contribution < 1.29 is 22.8 Å². The third kappa shape index (κ3) is 5.21. The average Bonchev–Trinajstić information content (AvgIpc) is 3.01. The minimum Gasteiger partial charge on any atom is -0.455 e. The SMILES string of the molecule is CNC(=O)CN1CCN(C(=O)c2ccc(CSC(F)F)o2)CC1. The molecule has 2 rings (SSSR count). The summed E-state index contributed by atoms with van der Waals surface area (Å²) in [7, 11) is 1.59. The molecular weight excluding hydrogens is 328 g/mol. The number of rotatable bonds is 6. The Bertz CT molecular complexity index is 545. The number of thioether (sulfide) groups is 1. The maximum absolute atomic E-state index is 12.3. The molecule has 1 aliphatic heterocycles. The van der Waals surface area contributed by atoms with Crippen molar-refractivity contribution in [2.75, 3.05) is 39.8 Å². The summed E-state index contributed by atoms with van der Waals surface area (Å²) < 4.78 is 29.6. The second-order valence-electron chi connectivity index (χ2n) is 5.08. The molecular formula is C14H19F2N3O3S. The first-order valence-corrected chi connectivity index (χ1v) is 8.25. The van der Waals surface area contributed by atoms with E-state index in [1.807, 2.05) is 4.90 Å². The lowest BCUT2D eigenvalue weighted by Gasteiger charge is -2.33. The first-order valence-electron chi connectivity index (χ1n) is 7.20. The third-order valence-electron chi connectivity index (χ3n) is 3.53. The number of carbonyl (C=O) groups is 2. The fourth-order valence-electron chi connectivity index (χ4n) is 2.26. The highest BCUT2D eigenvalue weighted by atomic mass is 32.2. The summed E-state index contributed by atoms with van der Waals surface area (Å²) in [5, 5.41) is 2.56. The summed E-state index contributed by atoms with van der Waals surface area (Å²) in [5.74, 6) is -2.22. The van der Waals surface area contributed by atoms with Crippen molar-refractivity contribution in [3.63, 3.8) is 0 Å². The smallest absolute Gasteiger partial charge is 0.289 e. The highest BCUT2D eigenvalue weighted by molar-refractivity contribution is 7.98. The summed E-state index contributed by atoms with van der Waals surface area (Å²) >= 11 is 0.457. The van der Waals surface area contributed by atoms with E-state index < -0.39 is 5.76 Å². The lowest BCUT2D eigenvalue weighted by atomic mass is 10.3. The molecule has 128 valence electrons. The molecule has 1 saturated heterocycles. The molecule has 0 bridgehead atoms. The van der Waals surface area contributed by atoms with E-state index in [0.29, 0.717) is 50.2 Å². The zero-order chi connectivity index (χ0) is 16.8. The first kappa shape index (κ1) is 17.7. The van der Waals surface area contributed by atoms with Crippen LogP contribution < -0.4 is 5.32 Å². The van der Waals surface area contributed by atoms with Gasteiger partial charge >= 0.3 is 0 Å². The van der Waals surface area contributed by atoms with Gasteiger partial charge in [-0.2, -0.15) is 8.78 Å². The zero-order valence-corrected chi connectivity index (χ0v) is 13.6. The second-order valence-corrected chi connectivity index (χ2v) is 6.06. The van der Waals surface area contributed by atoms with Gasteiger partial charge in [-0.15, -0.1) is 0 Å². The number of likely N-dealkylation sites (N-methyl/N-ethyl adjacent to an activating group) is 1. The van der Waals surface area contributed by atoms with Crippen molar-refractivity contribution in [3.05, 3.63) is 23.7 Å². The largest absolute Gasteiger partial charge is 0.455 e. The molecule has 2 heterocycles. The Labute approximate surface area is 137 Å². The molecule has 0 saturated carbocycles. The summed E-state index contributed by atoms with van der Waals surface area (Å²) in [6.07, 6.45) is 0. The van der Waals surface area contributed by atoms with E-state index in [1.54, 1.807) is 18.0 Å². The molecule has 23 heavy (non-hydrogen) atoms. The van der Waals surface area contributed by atoms with Gasteiger partial charge in [0.2, 0.25) is 5.91 Å². The zero-order valence-electron chi connectivity index (χ0n) is 12.8. The van der Waals surface area contributed by atoms with Crippen LogP contribution >= 0.6 is 11.8 Å². The second kappa shape index (κ2) is 8.30. The van der Waals surface area contributed by atoms with Crippen LogP contribution in [0.25, 0.3) is 0 Å². The molecule has 0 aliphatic carbocycles. The predicted octanol–water partition coefficient (Wildman–Crippen LogP) is 1.24. The number of hydrogen-bond donors (Lipinski definition) is 1. The standard InChI is InChI=1S/C14H19F2N3O3S/c1-17-12(20)8-18-4-6-19(7-5-18)13(21)11-3-2-10(22-11)9-23-14(15)16/h2-3,14H,4-9H2,1H3,(H,17,20). The topological polar surface area (TPSA) is 65.8 Å². The fourth-order valence-corrected chi connectivity index (χ4v) is 2.71. The lowest BCUT2D eigenvalue weighted by molar-refractivity contribution is -0.122. The van der Waals surface area contributed by atoms with E-state index in [-0.39, 0.29) is 23.3 Å². The summed E-state index contributed by atoms with van der Waals surface area (Å²) in [5.41, 5.74) is 0. The highest BCUT2D eigenvalue weighted by Gasteiger charge is 2.25. The number of nitrogens with zero attached hydrogens (tertiary/aromatic N) is 2. The van der Waals surface area contributed by atoms with Gasteiger partial charge in [0, 0.05) is 33.2 Å². The van der Waals surface area contributed by atoms with Crippen molar-refractivity contribution in [1.82, 2.24) is 15.1 Å². The van der Waals surface area contributed by atoms with Crippen molar-refractivity contribution in [3.8, 4) is 0 Å². The third-order valence-corrected chi connectivity index (χ3v) is 4.23. The molecule has 2 amide bonds. The van der Waals surface area contributed by atoms with Crippen LogP contribution in [0, 0.1) is 0 Å². The summed E-state index contributed by atoms with van der Waals surface area (Å²) in [4.78, 5) is 27.3. The number of carbonyl (C=O) groups excluding carboxylic acids is 2. The van der Waals surface area contributed by atoms with E-state index in [2.05, 4.69) is 5.32 Å². The number of piperazine rings is 1. The van der Waals surface area contributed by atoms with Gasteiger partial charge in [0.05, 0.1) is 12.3 Å². The Morgan fingerprint density at radius 3 is 2.61 bits per heavy atom. The number of furan rings is 1. The van der Waals surface area contributed by atoms with Crippen molar-refractivity contribution in [2.24, 2.45) is 0 Å². The summed E-state index contributed by atoms with van der Waals surface area (Å²) in [6, 6.07) is 3.06. The maximum Gasteiger partial charge on any atom is 0.289 e. The molecule has 1 aliphatic rings. The van der Waals surface area contributed by atoms with Gasteiger partial charge in [-0.1, -0.05) is 11.8 Å². The Hall–Kier alpha value is -1.61. The molecule has 0 atom stereocenters. The Morgan fingerprint density at radius 2 is 2.00 bits per heavy atom. The van der Waals surface area contributed by atoms with Crippen molar-refractivity contribution in [1.29, 1.82) is 0 Å². The van der Waals surface area contributed by atoms with E-state index in [1.165, 1.54) is 6.07 Å². The van der Waals surface area contributed by atoms with Gasteiger partial charge in [-0.25, -0.2) is 0 Å². The number of hydrogen-bond acceptors (Lipinski definition) is 5. The lowest BCUT2D eigenvalue weighted by Crippen LogP contribution is -2.50. The monoisotopic (exact) mass is 347 g/mol. The number of halogens is 2. The van der Waals surface area contributed by atoms with Gasteiger partial charge in [-0.3, -0.25) is 14.5 Å². The number of amides is 2. The quantitative estimate of drug-likeness (QED) is 0.839. The normalized spacial score (nSPS) is 15.9. The van der Waals surface area contributed by atoms with E-state index in [0.717, 1.165) is 0 Å². The number of nitrogens with one attached hydrogen (secondary N) is 1. The average molecular weight is 347 g/mol. The van der Waals surface area contributed by atoms with Gasteiger partial charge in [-0.05, 0) is 12.1 Å². The van der Waals surface area contributed by atoms with E-state index in [4.69, 9.17) is 4.42 Å². The minimum atomic E-state index is -2.47. The van der Waals surface area contributed by atoms with Crippen LogP contribution in [0.5, 0.6) is 0 Å². The molecule has 0 radical (unpaired) electrons. The molecule has 1 aromatic heterocycles. The fraction of sp³-hybridized carbons (Fsp3) is 0.571. The molecule has 1 fully saturated rings. The van der Waals surface area contributed by atoms with Crippen LogP contribution in [-0.2, 0) is 10.5 Å². The van der Waals surface area contributed by atoms with Crippen molar-refractivity contribution >= 4 is 23.6 Å². The van der Waals surface area contributed by atoms with Crippen LogP contribution in [0.4, 0.5) is 8.78 Å². The first-order chi connectivity index (χ1) is 11.0. The Kier molecular flexibility index (Phi) is 6.40. The van der Waals surface area contributed by atoms with Crippen molar-refractivity contribution in [2.45, 2.75) is 11.5 Å². The molecule has 1 aromatic rings. The van der Waals surface area contributed by atoms with Crippen LogP contribution in [0.1, 0.15) is 16.3 Å². The van der Waals surface area contributed by atoms with Gasteiger partial charge in [0.25, 0.3) is 11.7 Å². The number of alkyl halides is 2. The van der Waals surface area contributed by atoms with Crippen LogP contribution in [0.3, 0.4) is 0 Å². The molecule has 0 spiro atoms. The van der Waals surface area contributed by atoms with Gasteiger partial charge in [0.1, 0.15) is 5.76 Å². The Balaban J connectivity index is 1.84. The van der Waals surface area contributed by atoms with Gasteiger partial charge < -0.3 is 14.6 Å². The molecule has 9 heteroatoms. The van der Waals surface area contributed by atoms with Crippen LogP contribution in [-0.4, -0.2) is 67.1 Å². The molecule has 6 nitrogen and oxygen atoms in total. The minimum absolute atomic E-state index is 0.0326.